The predicted molar refractivity (Wildman–Crippen MR) is 71.0 cm³/mol. The Labute approximate surface area is 111 Å². The standard InChI is InChI=1S/C14H16N2O3/c17-13-6-3-9-8-10(4-5-11(9)16-13)15-14(18)12-2-1-7-19-12/h4-5,8,12H,1-3,6-7H2,(H,15,18)(H,16,17). The van der Waals surface area contributed by atoms with Crippen LogP contribution in [0.3, 0.4) is 0 Å². The van der Waals surface area contributed by atoms with E-state index in [4.69, 9.17) is 4.74 Å². The summed E-state index contributed by atoms with van der Waals surface area (Å²) in [4.78, 5) is 23.2. The van der Waals surface area contributed by atoms with Gasteiger partial charge in [0.25, 0.3) is 5.91 Å². The summed E-state index contributed by atoms with van der Waals surface area (Å²) in [6.45, 7) is 0.661. The third kappa shape index (κ3) is 2.61. The second kappa shape index (κ2) is 5.01. The smallest absolute Gasteiger partial charge is 0.253 e. The molecule has 1 aromatic carbocycles. The average Bonchev–Trinajstić information content (AvgIpc) is 2.93. The highest BCUT2D eigenvalue weighted by Gasteiger charge is 2.24. The molecule has 2 aliphatic heterocycles. The van der Waals surface area contributed by atoms with Gasteiger partial charge in [-0.15, -0.1) is 0 Å². The van der Waals surface area contributed by atoms with Gasteiger partial charge in [-0.25, -0.2) is 0 Å². The van der Waals surface area contributed by atoms with Crippen molar-refractivity contribution >= 4 is 23.2 Å². The topological polar surface area (TPSA) is 67.4 Å². The highest BCUT2D eigenvalue weighted by atomic mass is 16.5. The second-order valence-corrected chi connectivity index (χ2v) is 4.91. The Bertz CT molecular complexity index is 521. The molecule has 0 radical (unpaired) electrons. The Balaban J connectivity index is 1.71. The van der Waals surface area contributed by atoms with Crippen LogP contribution in [0.1, 0.15) is 24.8 Å². The molecule has 2 heterocycles. The Morgan fingerprint density at radius 3 is 3.05 bits per heavy atom. The number of hydrogen-bond acceptors (Lipinski definition) is 3. The van der Waals surface area contributed by atoms with Gasteiger partial charge >= 0.3 is 0 Å². The highest BCUT2D eigenvalue weighted by molar-refractivity contribution is 5.96. The van der Waals surface area contributed by atoms with Crippen LogP contribution in [0.2, 0.25) is 0 Å². The summed E-state index contributed by atoms with van der Waals surface area (Å²) in [6.07, 6.45) is 2.61. The molecule has 1 saturated heterocycles. The number of benzene rings is 1. The van der Waals surface area contributed by atoms with Gasteiger partial charge in [0.15, 0.2) is 0 Å². The zero-order chi connectivity index (χ0) is 13.2. The maximum absolute atomic E-state index is 11.9. The summed E-state index contributed by atoms with van der Waals surface area (Å²) in [6, 6.07) is 5.55. The summed E-state index contributed by atoms with van der Waals surface area (Å²) >= 11 is 0. The van der Waals surface area contributed by atoms with Crippen LogP contribution in [0, 0.1) is 0 Å². The van der Waals surface area contributed by atoms with E-state index in [0.717, 1.165) is 29.8 Å². The molecule has 1 atom stereocenters. The summed E-state index contributed by atoms with van der Waals surface area (Å²) in [5, 5.41) is 5.69. The molecular weight excluding hydrogens is 244 g/mol. The number of nitrogens with one attached hydrogen (secondary N) is 2. The van der Waals surface area contributed by atoms with Crippen LogP contribution < -0.4 is 10.6 Å². The summed E-state index contributed by atoms with van der Waals surface area (Å²) in [5.74, 6) is -0.0408. The van der Waals surface area contributed by atoms with Crippen molar-refractivity contribution in [1.82, 2.24) is 0 Å². The minimum Gasteiger partial charge on any atom is -0.368 e. The maximum Gasteiger partial charge on any atom is 0.253 e. The van der Waals surface area contributed by atoms with Gasteiger partial charge in [0, 0.05) is 24.4 Å². The first-order valence-electron chi connectivity index (χ1n) is 6.57. The Morgan fingerprint density at radius 2 is 2.26 bits per heavy atom. The molecule has 19 heavy (non-hydrogen) atoms. The molecule has 1 unspecified atom stereocenters. The molecule has 2 amide bonds. The minimum atomic E-state index is -0.323. The van der Waals surface area contributed by atoms with E-state index in [1.54, 1.807) is 6.07 Å². The van der Waals surface area contributed by atoms with Crippen molar-refractivity contribution in [2.45, 2.75) is 31.8 Å². The first kappa shape index (κ1) is 12.2. The number of anilines is 2. The number of rotatable bonds is 2. The van der Waals surface area contributed by atoms with E-state index in [1.807, 2.05) is 12.1 Å². The van der Waals surface area contributed by atoms with Crippen molar-refractivity contribution < 1.29 is 14.3 Å². The fourth-order valence-corrected chi connectivity index (χ4v) is 2.47. The molecule has 0 aromatic heterocycles. The van der Waals surface area contributed by atoms with Crippen molar-refractivity contribution in [3.63, 3.8) is 0 Å². The number of hydrogen-bond donors (Lipinski definition) is 2. The molecule has 0 saturated carbocycles. The lowest BCUT2D eigenvalue weighted by Gasteiger charge is -2.18. The van der Waals surface area contributed by atoms with Gasteiger partial charge in [0.05, 0.1) is 0 Å². The van der Waals surface area contributed by atoms with Crippen LogP contribution in [0.4, 0.5) is 11.4 Å². The van der Waals surface area contributed by atoms with Crippen LogP contribution >= 0.6 is 0 Å². The molecule has 1 fully saturated rings. The van der Waals surface area contributed by atoms with Crippen LogP contribution in [-0.2, 0) is 20.7 Å². The number of ether oxygens (including phenoxy) is 1. The van der Waals surface area contributed by atoms with Crippen molar-refractivity contribution in [1.29, 1.82) is 0 Å². The fraction of sp³-hybridized carbons (Fsp3) is 0.429. The third-order valence-electron chi connectivity index (χ3n) is 3.49. The van der Waals surface area contributed by atoms with Crippen molar-refractivity contribution in [3.05, 3.63) is 23.8 Å². The maximum atomic E-state index is 11.9. The lowest BCUT2D eigenvalue weighted by Crippen LogP contribution is -2.27. The zero-order valence-electron chi connectivity index (χ0n) is 10.6. The zero-order valence-corrected chi connectivity index (χ0v) is 10.6. The fourth-order valence-electron chi connectivity index (χ4n) is 2.47. The van der Waals surface area contributed by atoms with Gasteiger partial charge in [-0.3, -0.25) is 9.59 Å². The van der Waals surface area contributed by atoms with Crippen molar-refractivity contribution in [2.75, 3.05) is 17.2 Å². The Kier molecular flexibility index (Phi) is 3.21. The van der Waals surface area contributed by atoms with E-state index in [0.29, 0.717) is 19.4 Å². The van der Waals surface area contributed by atoms with Gasteiger partial charge in [0.1, 0.15) is 6.10 Å². The first-order chi connectivity index (χ1) is 9.22. The molecule has 0 aliphatic carbocycles. The van der Waals surface area contributed by atoms with E-state index >= 15 is 0 Å². The lowest BCUT2D eigenvalue weighted by molar-refractivity contribution is -0.124. The third-order valence-corrected chi connectivity index (χ3v) is 3.49. The summed E-state index contributed by atoms with van der Waals surface area (Å²) in [7, 11) is 0. The summed E-state index contributed by atoms with van der Waals surface area (Å²) in [5.41, 5.74) is 2.66. The molecule has 100 valence electrons. The monoisotopic (exact) mass is 260 g/mol. The van der Waals surface area contributed by atoms with E-state index in [-0.39, 0.29) is 17.9 Å². The lowest BCUT2D eigenvalue weighted by atomic mass is 10.0. The van der Waals surface area contributed by atoms with Crippen molar-refractivity contribution in [3.8, 4) is 0 Å². The number of aryl methyl sites for hydroxylation is 1. The number of fused-ring (bicyclic) bond motifs is 1. The predicted octanol–water partition coefficient (Wildman–Crippen LogP) is 1.69. The van der Waals surface area contributed by atoms with E-state index in [9.17, 15) is 9.59 Å². The van der Waals surface area contributed by atoms with Gasteiger partial charge in [-0.05, 0) is 43.0 Å². The number of carbonyl (C=O) groups excluding carboxylic acids is 2. The molecular formula is C14H16N2O3. The number of amides is 2. The quantitative estimate of drug-likeness (QED) is 0.850. The molecule has 1 aromatic rings. The van der Waals surface area contributed by atoms with Crippen LogP contribution in [0.5, 0.6) is 0 Å². The van der Waals surface area contributed by atoms with Gasteiger partial charge in [0.2, 0.25) is 5.91 Å². The Hall–Kier alpha value is -1.88. The molecule has 0 spiro atoms. The first-order valence-corrected chi connectivity index (χ1v) is 6.57. The average molecular weight is 260 g/mol. The molecule has 2 N–H and O–H groups in total. The second-order valence-electron chi connectivity index (χ2n) is 4.91. The van der Waals surface area contributed by atoms with E-state index < -0.39 is 0 Å². The van der Waals surface area contributed by atoms with Gasteiger partial charge < -0.3 is 15.4 Å². The van der Waals surface area contributed by atoms with Crippen LogP contribution in [0.25, 0.3) is 0 Å². The summed E-state index contributed by atoms with van der Waals surface area (Å²) < 4.78 is 5.34. The molecule has 3 rings (SSSR count). The highest BCUT2D eigenvalue weighted by Crippen LogP contribution is 2.26. The van der Waals surface area contributed by atoms with Gasteiger partial charge in [-0.2, -0.15) is 0 Å². The molecule has 5 nitrogen and oxygen atoms in total. The molecule has 2 aliphatic rings. The van der Waals surface area contributed by atoms with Gasteiger partial charge in [-0.1, -0.05) is 0 Å². The van der Waals surface area contributed by atoms with E-state index in [2.05, 4.69) is 10.6 Å². The normalized spacial score (nSPS) is 21.7. The molecule has 5 heteroatoms. The van der Waals surface area contributed by atoms with E-state index in [1.165, 1.54) is 0 Å². The van der Waals surface area contributed by atoms with Crippen LogP contribution in [-0.4, -0.2) is 24.5 Å². The Morgan fingerprint density at radius 1 is 1.37 bits per heavy atom. The minimum absolute atomic E-state index is 0.0450. The number of carbonyl (C=O) groups is 2. The SMILES string of the molecule is O=C1CCc2cc(NC(=O)C3CCCO3)ccc2N1. The molecule has 0 bridgehead atoms. The van der Waals surface area contributed by atoms with Crippen molar-refractivity contribution in [2.24, 2.45) is 0 Å². The largest absolute Gasteiger partial charge is 0.368 e. The van der Waals surface area contributed by atoms with Crippen LogP contribution in [0.15, 0.2) is 18.2 Å².